The van der Waals surface area contributed by atoms with Crippen LogP contribution in [0, 0.1) is 0 Å². The van der Waals surface area contributed by atoms with E-state index in [1.165, 1.54) is 37.7 Å². The lowest BCUT2D eigenvalue weighted by Gasteiger charge is -1.90. The van der Waals surface area contributed by atoms with E-state index in [2.05, 4.69) is 20.0 Å². The summed E-state index contributed by atoms with van der Waals surface area (Å²) in [6, 6.07) is 0. The summed E-state index contributed by atoms with van der Waals surface area (Å²) in [5.74, 6) is 0. The number of nitrogens with zero attached hydrogens (tertiary/aromatic N) is 4. The minimum absolute atomic E-state index is 0.373. The van der Waals surface area contributed by atoms with Crippen molar-refractivity contribution in [2.45, 2.75) is 0 Å². The maximum absolute atomic E-state index is 5.13. The number of rotatable bonds is 0. The molecule has 0 fully saturated rings. The molecular formula is C13H14N4O2. The van der Waals surface area contributed by atoms with Gasteiger partial charge in [0.15, 0.2) is 0 Å². The predicted octanol–water partition coefficient (Wildman–Crippen LogP) is 2.24. The molecule has 19 heavy (non-hydrogen) atoms. The van der Waals surface area contributed by atoms with Crippen molar-refractivity contribution in [2.75, 3.05) is 6.61 Å². The van der Waals surface area contributed by atoms with Crippen LogP contribution in [0.3, 0.4) is 0 Å². The summed E-state index contributed by atoms with van der Waals surface area (Å²) in [7, 11) is 0. The number of aliphatic imine (C=N–C) groups is 4. The molecule has 0 amide bonds. The minimum atomic E-state index is 0.373. The molecule has 0 spiro atoms. The van der Waals surface area contributed by atoms with Gasteiger partial charge in [0.25, 0.3) is 0 Å². The maximum atomic E-state index is 5.13. The van der Waals surface area contributed by atoms with Gasteiger partial charge in [-0.1, -0.05) is 12.2 Å². The lowest BCUT2D eigenvalue weighted by Crippen LogP contribution is -1.87. The topological polar surface area (TPSA) is 67.9 Å². The number of ether oxygens (including phenoxy) is 2. The summed E-state index contributed by atoms with van der Waals surface area (Å²) in [4.78, 5) is 15.3. The monoisotopic (exact) mass is 258 g/mol. The molecule has 6 heteroatoms. The molecule has 1 aliphatic heterocycles. The second kappa shape index (κ2) is 11.7. The van der Waals surface area contributed by atoms with E-state index < -0.39 is 0 Å². The third-order valence-electron chi connectivity index (χ3n) is 1.57. The fourth-order valence-electron chi connectivity index (χ4n) is 0.838. The van der Waals surface area contributed by atoms with Crippen molar-refractivity contribution in [3.63, 3.8) is 0 Å². The van der Waals surface area contributed by atoms with Gasteiger partial charge in [-0.05, 0) is 12.2 Å². The van der Waals surface area contributed by atoms with Crippen LogP contribution in [0.2, 0.25) is 0 Å². The Balaban J connectivity index is 2.54. The zero-order valence-electron chi connectivity index (χ0n) is 10.2. The first-order valence-electron chi connectivity index (χ1n) is 5.47. The second-order valence-corrected chi connectivity index (χ2v) is 2.92. The molecule has 6 nitrogen and oxygen atoms in total. The van der Waals surface area contributed by atoms with Crippen LogP contribution in [0.5, 0.6) is 0 Å². The van der Waals surface area contributed by atoms with Gasteiger partial charge in [0.2, 0.25) is 0 Å². The van der Waals surface area contributed by atoms with Crippen LogP contribution >= 0.6 is 0 Å². The summed E-state index contributed by atoms with van der Waals surface area (Å²) >= 11 is 0. The molecule has 1 aliphatic rings. The number of hydrogen-bond donors (Lipinski definition) is 0. The van der Waals surface area contributed by atoms with Crippen molar-refractivity contribution < 1.29 is 9.47 Å². The molecule has 0 aromatic carbocycles. The largest absolute Gasteiger partial charge is 0.496 e. The van der Waals surface area contributed by atoms with Crippen LogP contribution in [0.25, 0.3) is 0 Å². The first-order chi connectivity index (χ1) is 9.50. The predicted molar refractivity (Wildman–Crippen MR) is 77.6 cm³/mol. The quantitative estimate of drug-likeness (QED) is 0.668. The van der Waals surface area contributed by atoms with Crippen molar-refractivity contribution in [1.29, 1.82) is 0 Å². The Hall–Kier alpha value is -2.76. The highest BCUT2D eigenvalue weighted by atomic mass is 16.5. The molecule has 98 valence electrons. The van der Waals surface area contributed by atoms with Crippen molar-refractivity contribution in [3.05, 3.63) is 49.3 Å². The van der Waals surface area contributed by atoms with Crippen LogP contribution < -0.4 is 0 Å². The minimum Gasteiger partial charge on any atom is -0.496 e. The molecule has 1 rings (SSSR count). The molecule has 0 aromatic rings. The van der Waals surface area contributed by atoms with E-state index in [9.17, 15) is 0 Å². The van der Waals surface area contributed by atoms with Gasteiger partial charge in [-0.15, -0.1) is 0 Å². The first-order valence-corrected chi connectivity index (χ1v) is 5.47. The standard InChI is InChI=1S/C13H14N4O2/c1-2-4-8-19-10-6-15-12-17-13-16-11-14-5-9-18-7-3-1/h1-9,11-13H,10H2/b2-1-,7-3-,8-4-,9-5-,14-11?,15-6?,16-13?,17-12?. The Kier molecular flexibility index (Phi) is 8.82. The van der Waals surface area contributed by atoms with E-state index in [4.69, 9.17) is 9.47 Å². The highest BCUT2D eigenvalue weighted by Crippen LogP contribution is 1.85. The zero-order valence-corrected chi connectivity index (χ0v) is 10.2. The smallest absolute Gasteiger partial charge is 0.123 e. The summed E-state index contributed by atoms with van der Waals surface area (Å²) < 4.78 is 10.2. The fourth-order valence-corrected chi connectivity index (χ4v) is 0.838. The fraction of sp³-hybridized carbons (Fsp3) is 0.0769. The maximum Gasteiger partial charge on any atom is 0.123 e. The molecule has 0 saturated carbocycles. The lowest BCUT2D eigenvalue weighted by atomic mass is 10.5. The molecule has 1 heterocycles. The molecule has 0 bridgehead atoms. The van der Waals surface area contributed by atoms with Gasteiger partial charge >= 0.3 is 0 Å². The van der Waals surface area contributed by atoms with Gasteiger partial charge in [0.05, 0.1) is 18.7 Å². The average molecular weight is 258 g/mol. The SMILES string of the molecule is C1=NC=NC=NC=N/C=C\O\C=C/C=C\C=C/OC1. The first kappa shape index (κ1) is 14.3. The molecular weight excluding hydrogens is 244 g/mol. The van der Waals surface area contributed by atoms with E-state index in [1.54, 1.807) is 30.7 Å². The number of allylic oxidation sites excluding steroid dienone is 4. The van der Waals surface area contributed by atoms with E-state index in [1.807, 2.05) is 6.08 Å². The van der Waals surface area contributed by atoms with Crippen molar-refractivity contribution in [1.82, 2.24) is 0 Å². The Labute approximate surface area is 111 Å². The number of hydrogen-bond acceptors (Lipinski definition) is 6. The molecule has 0 atom stereocenters. The normalized spacial score (nSPS) is 23.2. The third-order valence-corrected chi connectivity index (χ3v) is 1.57. The van der Waals surface area contributed by atoms with E-state index >= 15 is 0 Å². The third kappa shape index (κ3) is 10.1. The van der Waals surface area contributed by atoms with Crippen LogP contribution in [0.1, 0.15) is 0 Å². The van der Waals surface area contributed by atoms with Crippen LogP contribution in [0.4, 0.5) is 0 Å². The van der Waals surface area contributed by atoms with Gasteiger partial charge in [0.1, 0.15) is 31.9 Å². The zero-order chi connectivity index (χ0) is 13.4. The average Bonchev–Trinajstić information content (AvgIpc) is 2.43. The lowest BCUT2D eigenvalue weighted by molar-refractivity contribution is 0.306. The van der Waals surface area contributed by atoms with Crippen LogP contribution in [-0.4, -0.2) is 31.8 Å². The Bertz CT molecular complexity index is 457. The Morgan fingerprint density at radius 1 is 0.684 bits per heavy atom. The summed E-state index contributed by atoms with van der Waals surface area (Å²) in [6.45, 7) is 0.373. The molecule has 0 aliphatic carbocycles. The highest BCUT2D eigenvalue weighted by Gasteiger charge is 1.73. The summed E-state index contributed by atoms with van der Waals surface area (Å²) in [5, 5.41) is 0. The van der Waals surface area contributed by atoms with Gasteiger partial charge in [-0.2, -0.15) is 0 Å². The van der Waals surface area contributed by atoms with Crippen molar-refractivity contribution >= 4 is 25.2 Å². The van der Waals surface area contributed by atoms with E-state index in [-0.39, 0.29) is 0 Å². The van der Waals surface area contributed by atoms with Gasteiger partial charge in [-0.25, -0.2) is 20.0 Å². The molecule has 0 unspecified atom stereocenters. The molecule has 0 radical (unpaired) electrons. The summed E-state index contributed by atoms with van der Waals surface area (Å²) in [5.41, 5.74) is 0. The summed E-state index contributed by atoms with van der Waals surface area (Å²) in [6.07, 6.45) is 18.7. The molecule has 0 N–H and O–H groups in total. The Morgan fingerprint density at radius 2 is 1.42 bits per heavy atom. The van der Waals surface area contributed by atoms with Gasteiger partial charge < -0.3 is 9.47 Å². The Morgan fingerprint density at radius 3 is 2.32 bits per heavy atom. The van der Waals surface area contributed by atoms with Gasteiger partial charge in [-0.3, -0.25) is 0 Å². The van der Waals surface area contributed by atoms with Crippen LogP contribution in [-0.2, 0) is 9.47 Å². The second-order valence-electron chi connectivity index (χ2n) is 2.92. The van der Waals surface area contributed by atoms with E-state index in [0.717, 1.165) is 0 Å². The molecule has 0 saturated heterocycles. The van der Waals surface area contributed by atoms with Crippen LogP contribution in [0.15, 0.2) is 69.3 Å². The van der Waals surface area contributed by atoms with Crippen molar-refractivity contribution in [2.24, 2.45) is 20.0 Å². The van der Waals surface area contributed by atoms with E-state index in [0.29, 0.717) is 6.61 Å². The molecule has 0 aromatic heterocycles. The van der Waals surface area contributed by atoms with Crippen molar-refractivity contribution in [3.8, 4) is 0 Å². The van der Waals surface area contributed by atoms with Gasteiger partial charge in [0, 0.05) is 6.21 Å². The highest BCUT2D eigenvalue weighted by molar-refractivity contribution is 5.81.